The molecule has 4 nitrogen and oxygen atoms in total. The van der Waals surface area contributed by atoms with Crippen molar-refractivity contribution >= 4 is 22.6 Å². The summed E-state index contributed by atoms with van der Waals surface area (Å²) in [5.41, 5.74) is 2.90. The summed E-state index contributed by atoms with van der Waals surface area (Å²) >= 11 is 5.89. The second kappa shape index (κ2) is 5.51. The smallest absolute Gasteiger partial charge is 0.120 e. The molecule has 5 heteroatoms. The van der Waals surface area contributed by atoms with Crippen molar-refractivity contribution in [1.29, 1.82) is 0 Å². The van der Waals surface area contributed by atoms with E-state index in [1.165, 1.54) is 0 Å². The lowest BCUT2D eigenvalue weighted by atomic mass is 10.2. The zero-order valence-electron chi connectivity index (χ0n) is 11.1. The van der Waals surface area contributed by atoms with Crippen molar-refractivity contribution in [2.45, 2.75) is 6.42 Å². The number of ether oxygens (including phenoxy) is 1. The first-order valence-corrected chi connectivity index (χ1v) is 6.88. The highest BCUT2D eigenvalue weighted by molar-refractivity contribution is 6.17. The maximum absolute atomic E-state index is 5.89. The summed E-state index contributed by atoms with van der Waals surface area (Å²) in [6.45, 7) is 0. The first-order valence-electron chi connectivity index (χ1n) is 6.35. The van der Waals surface area contributed by atoms with Gasteiger partial charge in [-0.05, 0) is 18.2 Å². The van der Waals surface area contributed by atoms with Crippen molar-refractivity contribution in [2.75, 3.05) is 13.0 Å². The van der Waals surface area contributed by atoms with Gasteiger partial charge in [0.25, 0.3) is 0 Å². The molecule has 0 aliphatic carbocycles. The van der Waals surface area contributed by atoms with Crippen LogP contribution < -0.4 is 4.74 Å². The molecule has 0 bridgehead atoms. The first kappa shape index (κ1) is 12.9. The van der Waals surface area contributed by atoms with Crippen LogP contribution in [0.4, 0.5) is 0 Å². The van der Waals surface area contributed by atoms with Crippen molar-refractivity contribution in [3.63, 3.8) is 0 Å². The van der Waals surface area contributed by atoms with Crippen LogP contribution in [0.15, 0.2) is 42.7 Å². The van der Waals surface area contributed by atoms with Gasteiger partial charge in [-0.25, -0.2) is 4.98 Å². The summed E-state index contributed by atoms with van der Waals surface area (Å²) in [5, 5.41) is 0. The maximum atomic E-state index is 5.89. The molecule has 0 saturated carbocycles. The number of fused-ring (bicyclic) bond motifs is 1. The zero-order valence-corrected chi connectivity index (χ0v) is 11.8. The summed E-state index contributed by atoms with van der Waals surface area (Å²) in [6.07, 6.45) is 4.24. The predicted molar refractivity (Wildman–Crippen MR) is 79.8 cm³/mol. The average molecular weight is 288 g/mol. The summed E-state index contributed by atoms with van der Waals surface area (Å²) < 4.78 is 7.39. The number of pyridine rings is 1. The van der Waals surface area contributed by atoms with E-state index >= 15 is 0 Å². The van der Waals surface area contributed by atoms with E-state index in [0.29, 0.717) is 12.3 Å². The van der Waals surface area contributed by atoms with Crippen LogP contribution in [-0.2, 0) is 6.42 Å². The van der Waals surface area contributed by atoms with E-state index in [1.807, 2.05) is 30.3 Å². The van der Waals surface area contributed by atoms with Gasteiger partial charge in [0.15, 0.2) is 0 Å². The number of rotatable bonds is 4. The normalized spacial score (nSPS) is 10.9. The minimum atomic E-state index is 0.528. The van der Waals surface area contributed by atoms with Gasteiger partial charge in [0.2, 0.25) is 0 Å². The number of methoxy groups -OCH3 is 1. The van der Waals surface area contributed by atoms with Gasteiger partial charge in [-0.3, -0.25) is 9.55 Å². The molecule has 0 fully saturated rings. The Morgan fingerprint density at radius 2 is 2.20 bits per heavy atom. The summed E-state index contributed by atoms with van der Waals surface area (Å²) in [7, 11) is 1.66. The molecular formula is C15H14ClN3O. The second-order valence-corrected chi connectivity index (χ2v) is 4.75. The zero-order chi connectivity index (χ0) is 13.9. The van der Waals surface area contributed by atoms with Crippen molar-refractivity contribution in [1.82, 2.24) is 14.5 Å². The fourth-order valence-corrected chi connectivity index (χ4v) is 2.44. The monoisotopic (exact) mass is 287 g/mol. The Hall–Kier alpha value is -2.07. The number of halogens is 1. The van der Waals surface area contributed by atoms with E-state index in [0.717, 1.165) is 28.3 Å². The lowest BCUT2D eigenvalue weighted by Crippen LogP contribution is -2.02. The predicted octanol–water partition coefficient (Wildman–Crippen LogP) is 3.21. The van der Waals surface area contributed by atoms with Crippen LogP contribution in [0.1, 0.15) is 5.82 Å². The fraction of sp³-hybridized carbons (Fsp3) is 0.200. The molecule has 0 aliphatic heterocycles. The molecule has 0 amide bonds. The molecular weight excluding hydrogens is 274 g/mol. The first-order chi connectivity index (χ1) is 9.83. The van der Waals surface area contributed by atoms with Gasteiger partial charge in [-0.1, -0.05) is 6.07 Å². The van der Waals surface area contributed by atoms with Crippen LogP contribution in [0.25, 0.3) is 16.7 Å². The highest BCUT2D eigenvalue weighted by Crippen LogP contribution is 2.24. The Labute approximate surface area is 122 Å². The molecule has 0 atom stereocenters. The van der Waals surface area contributed by atoms with E-state index in [2.05, 4.69) is 14.5 Å². The third-order valence-corrected chi connectivity index (χ3v) is 3.34. The molecule has 1 aromatic carbocycles. The number of benzene rings is 1. The standard InChI is InChI=1S/C15H14ClN3O/c1-20-12-4-2-3-11(9-12)19-14-6-8-17-10-13(14)18-15(19)5-7-16/h2-4,6,8-10H,5,7H2,1H3. The maximum Gasteiger partial charge on any atom is 0.120 e. The van der Waals surface area contributed by atoms with E-state index in [9.17, 15) is 0 Å². The van der Waals surface area contributed by atoms with Crippen molar-refractivity contribution in [2.24, 2.45) is 0 Å². The van der Waals surface area contributed by atoms with Gasteiger partial charge in [0.1, 0.15) is 17.1 Å². The summed E-state index contributed by atoms with van der Waals surface area (Å²) in [6, 6.07) is 9.86. The van der Waals surface area contributed by atoms with E-state index < -0.39 is 0 Å². The third-order valence-electron chi connectivity index (χ3n) is 3.16. The van der Waals surface area contributed by atoms with E-state index in [-0.39, 0.29) is 0 Å². The van der Waals surface area contributed by atoms with Crippen molar-refractivity contribution < 1.29 is 4.74 Å². The number of aromatic nitrogens is 3. The molecule has 0 saturated heterocycles. The van der Waals surface area contributed by atoms with Crippen LogP contribution in [-0.4, -0.2) is 27.5 Å². The molecule has 2 aromatic heterocycles. The molecule has 0 N–H and O–H groups in total. The number of alkyl halides is 1. The van der Waals surface area contributed by atoms with Gasteiger partial charge >= 0.3 is 0 Å². The molecule has 0 spiro atoms. The quantitative estimate of drug-likeness (QED) is 0.692. The Balaban J connectivity index is 2.24. The molecule has 2 heterocycles. The Kier molecular flexibility index (Phi) is 3.56. The van der Waals surface area contributed by atoms with Gasteiger partial charge in [0, 0.05) is 24.6 Å². The van der Waals surface area contributed by atoms with Gasteiger partial charge in [0.05, 0.1) is 24.5 Å². The summed E-state index contributed by atoms with van der Waals surface area (Å²) in [4.78, 5) is 8.73. The Morgan fingerprint density at radius 3 is 3.00 bits per heavy atom. The Morgan fingerprint density at radius 1 is 1.30 bits per heavy atom. The number of hydrogen-bond donors (Lipinski definition) is 0. The van der Waals surface area contributed by atoms with E-state index in [1.54, 1.807) is 19.5 Å². The van der Waals surface area contributed by atoms with Crippen LogP contribution in [0.3, 0.4) is 0 Å². The van der Waals surface area contributed by atoms with Crippen molar-refractivity contribution in [3.8, 4) is 11.4 Å². The second-order valence-electron chi connectivity index (χ2n) is 4.37. The summed E-state index contributed by atoms with van der Waals surface area (Å²) in [5.74, 6) is 2.27. The van der Waals surface area contributed by atoms with Crippen LogP contribution in [0, 0.1) is 0 Å². The highest BCUT2D eigenvalue weighted by atomic mass is 35.5. The molecule has 0 aliphatic rings. The largest absolute Gasteiger partial charge is 0.497 e. The fourth-order valence-electron chi connectivity index (χ4n) is 2.27. The molecule has 0 radical (unpaired) electrons. The minimum Gasteiger partial charge on any atom is -0.497 e. The molecule has 0 unspecified atom stereocenters. The minimum absolute atomic E-state index is 0.528. The van der Waals surface area contributed by atoms with Crippen LogP contribution >= 0.6 is 11.6 Å². The average Bonchev–Trinajstić information content (AvgIpc) is 2.85. The third kappa shape index (κ3) is 2.23. The van der Waals surface area contributed by atoms with Gasteiger partial charge in [-0.15, -0.1) is 11.6 Å². The number of imidazole rings is 1. The van der Waals surface area contributed by atoms with Crippen LogP contribution in [0.2, 0.25) is 0 Å². The number of hydrogen-bond acceptors (Lipinski definition) is 3. The van der Waals surface area contributed by atoms with Crippen molar-refractivity contribution in [3.05, 3.63) is 48.5 Å². The molecule has 20 heavy (non-hydrogen) atoms. The molecule has 3 aromatic rings. The molecule has 102 valence electrons. The van der Waals surface area contributed by atoms with Gasteiger partial charge in [-0.2, -0.15) is 0 Å². The van der Waals surface area contributed by atoms with Crippen LogP contribution in [0.5, 0.6) is 5.75 Å². The van der Waals surface area contributed by atoms with E-state index in [4.69, 9.17) is 16.3 Å². The SMILES string of the molecule is COc1cccc(-n2c(CCCl)nc3cnccc32)c1. The molecule has 3 rings (SSSR count). The highest BCUT2D eigenvalue weighted by Gasteiger charge is 2.12. The van der Waals surface area contributed by atoms with Gasteiger partial charge < -0.3 is 4.74 Å². The lowest BCUT2D eigenvalue weighted by Gasteiger charge is -2.10. The number of nitrogens with zero attached hydrogens (tertiary/aromatic N) is 3. The number of aryl methyl sites for hydroxylation is 1. The Bertz CT molecular complexity index is 739. The lowest BCUT2D eigenvalue weighted by molar-refractivity contribution is 0.414. The topological polar surface area (TPSA) is 39.9 Å².